The van der Waals surface area contributed by atoms with Crippen LogP contribution in [0.25, 0.3) is 0 Å². The van der Waals surface area contributed by atoms with Gasteiger partial charge in [0.1, 0.15) is 0 Å². The van der Waals surface area contributed by atoms with Crippen LogP contribution in [0, 0.1) is 0 Å². The second kappa shape index (κ2) is 3.95. The van der Waals surface area contributed by atoms with Crippen LogP contribution < -0.4 is 5.32 Å². The highest BCUT2D eigenvalue weighted by atomic mass is 16.2. The molecule has 0 fully saturated rings. The third-order valence-corrected chi connectivity index (χ3v) is 0.907. The van der Waals surface area contributed by atoms with Crippen LogP contribution in [0.3, 0.4) is 0 Å². The van der Waals surface area contributed by atoms with Crippen LogP contribution in [-0.4, -0.2) is 25.0 Å². The molecule has 52 valence electrons. The third kappa shape index (κ3) is 2.74. The summed E-state index contributed by atoms with van der Waals surface area (Å²) in [6, 6.07) is -0.104. The lowest BCUT2D eigenvalue weighted by Crippen LogP contribution is -2.30. The molecule has 0 rings (SSSR count). The summed E-state index contributed by atoms with van der Waals surface area (Å²) in [5.41, 5.74) is 0. The lowest BCUT2D eigenvalue weighted by atomic mass is 10.6. The molecule has 0 unspecified atom stereocenters. The first-order valence-electron chi connectivity index (χ1n) is 2.79. The largest absolute Gasteiger partial charge is 0.341 e. The molecule has 0 heterocycles. The number of carbonyl (C=O) groups excluding carboxylic acids is 1. The van der Waals surface area contributed by atoms with E-state index in [9.17, 15) is 4.79 Å². The van der Waals surface area contributed by atoms with E-state index in [4.69, 9.17) is 0 Å². The molecule has 1 N–H and O–H groups in total. The van der Waals surface area contributed by atoms with Crippen molar-refractivity contribution in [3.63, 3.8) is 0 Å². The zero-order valence-corrected chi connectivity index (χ0v) is 6.01. The van der Waals surface area contributed by atoms with Crippen LogP contribution in [-0.2, 0) is 0 Å². The van der Waals surface area contributed by atoms with Crippen molar-refractivity contribution in [2.75, 3.05) is 14.1 Å². The number of allylic oxidation sites excluding steroid dienone is 1. The minimum Gasteiger partial charge on any atom is -0.341 e. The summed E-state index contributed by atoms with van der Waals surface area (Å²) in [5, 5.41) is 2.49. The van der Waals surface area contributed by atoms with Crippen LogP contribution in [0.1, 0.15) is 6.92 Å². The molecule has 0 spiro atoms. The molecule has 0 saturated carbocycles. The van der Waals surface area contributed by atoms with Gasteiger partial charge in [-0.15, -0.1) is 0 Å². The van der Waals surface area contributed by atoms with Gasteiger partial charge in [0.2, 0.25) is 0 Å². The van der Waals surface area contributed by atoms with Crippen LogP contribution in [0.2, 0.25) is 0 Å². The van der Waals surface area contributed by atoms with Crippen molar-refractivity contribution in [1.29, 1.82) is 0 Å². The summed E-state index contributed by atoms with van der Waals surface area (Å²) >= 11 is 0. The van der Waals surface area contributed by atoms with E-state index in [0.29, 0.717) is 0 Å². The Labute approximate surface area is 55.3 Å². The molecule has 0 aliphatic heterocycles. The fourth-order valence-electron chi connectivity index (χ4n) is 0.468. The van der Waals surface area contributed by atoms with Gasteiger partial charge in [0, 0.05) is 20.3 Å². The van der Waals surface area contributed by atoms with Crippen molar-refractivity contribution in [3.8, 4) is 0 Å². The van der Waals surface area contributed by atoms with Crippen LogP contribution in [0.15, 0.2) is 12.3 Å². The number of nitrogens with zero attached hydrogens (tertiary/aromatic N) is 1. The van der Waals surface area contributed by atoms with Gasteiger partial charge in [-0.1, -0.05) is 6.08 Å². The molecule has 0 aliphatic rings. The normalized spacial score (nSPS) is 9.67. The Bertz CT molecular complexity index is 120. The molecule has 0 radical (unpaired) electrons. The molecule has 0 bridgehead atoms. The number of rotatable bonds is 1. The fraction of sp³-hybridized carbons (Fsp3) is 0.500. The van der Waals surface area contributed by atoms with E-state index in [2.05, 4.69) is 5.32 Å². The molecule has 3 nitrogen and oxygen atoms in total. The molecule has 0 aromatic rings. The second-order valence-electron chi connectivity index (χ2n) is 1.65. The number of urea groups is 1. The van der Waals surface area contributed by atoms with Crippen molar-refractivity contribution in [2.24, 2.45) is 0 Å². The first-order chi connectivity index (χ1) is 4.22. The molecular weight excluding hydrogens is 116 g/mol. The molecule has 0 aliphatic carbocycles. The topological polar surface area (TPSA) is 32.3 Å². The molecule has 0 aromatic heterocycles. The van der Waals surface area contributed by atoms with Gasteiger partial charge in [0.25, 0.3) is 0 Å². The van der Waals surface area contributed by atoms with Crippen LogP contribution in [0.4, 0.5) is 4.79 Å². The number of hydrogen-bond donors (Lipinski definition) is 1. The maximum Gasteiger partial charge on any atom is 0.320 e. The molecule has 0 saturated heterocycles. The Kier molecular flexibility index (Phi) is 3.51. The smallest absolute Gasteiger partial charge is 0.320 e. The molecular formula is C6H12N2O. The van der Waals surface area contributed by atoms with Crippen molar-refractivity contribution in [1.82, 2.24) is 10.2 Å². The summed E-state index contributed by atoms with van der Waals surface area (Å²) in [7, 11) is 3.29. The predicted octanol–water partition coefficient (Wildman–Crippen LogP) is 0.791. The first kappa shape index (κ1) is 8.01. The Morgan fingerprint density at radius 3 is 2.56 bits per heavy atom. The summed E-state index contributed by atoms with van der Waals surface area (Å²) in [5.74, 6) is 0. The summed E-state index contributed by atoms with van der Waals surface area (Å²) < 4.78 is 0. The predicted molar refractivity (Wildman–Crippen MR) is 37.0 cm³/mol. The maximum absolute atomic E-state index is 10.7. The quantitative estimate of drug-likeness (QED) is 0.556. The molecule has 3 heteroatoms. The van der Waals surface area contributed by atoms with Gasteiger partial charge in [-0.05, 0) is 6.92 Å². The number of nitrogens with one attached hydrogen (secondary N) is 1. The van der Waals surface area contributed by atoms with Gasteiger partial charge in [-0.2, -0.15) is 0 Å². The van der Waals surface area contributed by atoms with Crippen LogP contribution in [0.5, 0.6) is 0 Å². The lowest BCUT2D eigenvalue weighted by molar-refractivity contribution is 0.224. The first-order valence-corrected chi connectivity index (χ1v) is 2.79. The Morgan fingerprint density at radius 1 is 1.67 bits per heavy atom. The minimum absolute atomic E-state index is 0.104. The second-order valence-corrected chi connectivity index (χ2v) is 1.65. The van der Waals surface area contributed by atoms with E-state index >= 15 is 0 Å². The Hall–Kier alpha value is -0.990. The van der Waals surface area contributed by atoms with E-state index < -0.39 is 0 Å². The SMILES string of the molecule is C/C=C/N(C)C(=O)NC. The monoisotopic (exact) mass is 128 g/mol. The summed E-state index contributed by atoms with van der Waals surface area (Å²) in [6.07, 6.45) is 3.49. The fourth-order valence-corrected chi connectivity index (χ4v) is 0.468. The van der Waals surface area contributed by atoms with Gasteiger partial charge in [-0.25, -0.2) is 4.79 Å². The number of hydrogen-bond acceptors (Lipinski definition) is 1. The Morgan fingerprint density at radius 2 is 2.22 bits per heavy atom. The van der Waals surface area contributed by atoms with Gasteiger partial charge < -0.3 is 10.2 Å². The van der Waals surface area contributed by atoms with E-state index in [1.165, 1.54) is 4.90 Å². The van der Waals surface area contributed by atoms with Crippen molar-refractivity contribution in [2.45, 2.75) is 6.92 Å². The molecule has 9 heavy (non-hydrogen) atoms. The van der Waals surface area contributed by atoms with E-state index in [0.717, 1.165) is 0 Å². The van der Waals surface area contributed by atoms with E-state index in [1.54, 1.807) is 26.4 Å². The average Bonchev–Trinajstić information content (AvgIpc) is 1.87. The van der Waals surface area contributed by atoms with Gasteiger partial charge in [0.15, 0.2) is 0 Å². The molecule has 2 amide bonds. The lowest BCUT2D eigenvalue weighted by Gasteiger charge is -2.09. The van der Waals surface area contributed by atoms with Crippen molar-refractivity contribution < 1.29 is 4.79 Å². The van der Waals surface area contributed by atoms with Gasteiger partial charge >= 0.3 is 6.03 Å². The van der Waals surface area contributed by atoms with Crippen LogP contribution >= 0.6 is 0 Å². The molecule has 0 aromatic carbocycles. The average molecular weight is 128 g/mol. The van der Waals surface area contributed by atoms with Crippen molar-refractivity contribution in [3.05, 3.63) is 12.3 Å². The highest BCUT2D eigenvalue weighted by Gasteiger charge is 1.97. The Balaban J connectivity index is 3.72. The summed E-state index contributed by atoms with van der Waals surface area (Å²) in [6.45, 7) is 1.86. The maximum atomic E-state index is 10.7. The van der Waals surface area contributed by atoms with Crippen molar-refractivity contribution >= 4 is 6.03 Å². The zero-order valence-electron chi connectivity index (χ0n) is 6.01. The summed E-state index contributed by atoms with van der Waals surface area (Å²) in [4.78, 5) is 12.1. The highest BCUT2D eigenvalue weighted by molar-refractivity contribution is 5.74. The number of carbonyl (C=O) groups is 1. The molecule has 0 atom stereocenters. The number of amides is 2. The minimum atomic E-state index is -0.104. The highest BCUT2D eigenvalue weighted by Crippen LogP contribution is 1.83. The van der Waals surface area contributed by atoms with E-state index in [1.807, 2.05) is 6.92 Å². The standard InChI is InChI=1S/C6H12N2O/c1-4-5-8(3)6(9)7-2/h4-5H,1-3H3,(H,7,9)/b5-4+. The van der Waals surface area contributed by atoms with Gasteiger partial charge in [0.05, 0.1) is 0 Å². The van der Waals surface area contributed by atoms with E-state index in [-0.39, 0.29) is 6.03 Å². The zero-order chi connectivity index (χ0) is 7.28. The third-order valence-electron chi connectivity index (χ3n) is 0.907. The van der Waals surface area contributed by atoms with Gasteiger partial charge in [-0.3, -0.25) is 0 Å².